The van der Waals surface area contributed by atoms with Crippen LogP contribution >= 0.6 is 12.2 Å². The summed E-state index contributed by atoms with van der Waals surface area (Å²) in [7, 11) is 1.63. The number of nitrogens with two attached hydrogens (primary N) is 1. The minimum atomic E-state index is -0.0251. The van der Waals surface area contributed by atoms with Crippen LogP contribution in [0.4, 0.5) is 5.69 Å². The Morgan fingerprint density at radius 3 is 2.68 bits per heavy atom. The molecule has 0 bridgehead atoms. The van der Waals surface area contributed by atoms with E-state index >= 15 is 0 Å². The zero-order chi connectivity index (χ0) is 14.4. The normalized spacial score (nSPS) is 10.1. The second-order valence-corrected chi connectivity index (χ2v) is 4.92. The van der Waals surface area contributed by atoms with E-state index in [1.165, 1.54) is 0 Å². The first-order valence-corrected chi connectivity index (χ1v) is 6.76. The molecule has 0 heterocycles. The zero-order valence-electron chi connectivity index (χ0n) is 11.7. The number of likely N-dealkylation sites (N-methyl/N-ethyl adjacent to an activating group) is 1. The van der Waals surface area contributed by atoms with Crippen molar-refractivity contribution < 1.29 is 4.79 Å². The fraction of sp³-hybridized carbons (Fsp3) is 0.429. The predicted molar refractivity (Wildman–Crippen MR) is 83.6 cm³/mol. The van der Waals surface area contributed by atoms with Crippen molar-refractivity contribution in [3.63, 3.8) is 0 Å². The first kappa shape index (κ1) is 15.4. The van der Waals surface area contributed by atoms with Crippen molar-refractivity contribution in [3.8, 4) is 0 Å². The summed E-state index contributed by atoms with van der Waals surface area (Å²) in [5.74, 6) is -0.0251. The molecule has 0 saturated heterocycles. The maximum atomic E-state index is 11.6. The molecule has 1 aromatic carbocycles. The highest BCUT2D eigenvalue weighted by molar-refractivity contribution is 7.80. The van der Waals surface area contributed by atoms with Crippen molar-refractivity contribution in [2.45, 2.75) is 20.3 Å². The highest BCUT2D eigenvalue weighted by atomic mass is 32.1. The Kier molecular flexibility index (Phi) is 5.76. The zero-order valence-corrected chi connectivity index (χ0v) is 12.5. The van der Waals surface area contributed by atoms with E-state index in [1.54, 1.807) is 7.05 Å². The lowest BCUT2D eigenvalue weighted by molar-refractivity contribution is -0.119. The highest BCUT2D eigenvalue weighted by Crippen LogP contribution is 2.22. The van der Waals surface area contributed by atoms with Crippen LogP contribution in [0.25, 0.3) is 0 Å². The van der Waals surface area contributed by atoms with E-state index in [-0.39, 0.29) is 5.91 Å². The van der Waals surface area contributed by atoms with Gasteiger partial charge >= 0.3 is 0 Å². The number of benzene rings is 1. The van der Waals surface area contributed by atoms with Gasteiger partial charge < -0.3 is 16.0 Å². The molecule has 1 aromatic rings. The van der Waals surface area contributed by atoms with E-state index in [9.17, 15) is 4.79 Å². The predicted octanol–water partition coefficient (Wildman–Crippen LogP) is 1.59. The Hall–Kier alpha value is -1.62. The van der Waals surface area contributed by atoms with Gasteiger partial charge in [-0.1, -0.05) is 30.8 Å². The van der Waals surface area contributed by atoms with Crippen LogP contribution in [-0.2, 0) is 4.79 Å². The van der Waals surface area contributed by atoms with Crippen molar-refractivity contribution in [2.24, 2.45) is 5.73 Å². The molecule has 0 radical (unpaired) electrons. The van der Waals surface area contributed by atoms with E-state index in [1.807, 2.05) is 30.0 Å². The third kappa shape index (κ3) is 4.21. The van der Waals surface area contributed by atoms with Gasteiger partial charge in [-0.15, -0.1) is 0 Å². The number of thiocarbonyl (C=S) groups is 1. The van der Waals surface area contributed by atoms with Crippen LogP contribution in [0.15, 0.2) is 18.2 Å². The number of aryl methyl sites for hydroxylation is 1. The molecule has 0 aliphatic carbocycles. The Balaban J connectivity index is 3.14. The summed E-state index contributed by atoms with van der Waals surface area (Å²) >= 11 is 5.11. The third-order valence-corrected chi connectivity index (χ3v) is 3.08. The van der Waals surface area contributed by atoms with E-state index < -0.39 is 0 Å². The maximum absolute atomic E-state index is 11.6. The van der Waals surface area contributed by atoms with Crippen LogP contribution in [0.1, 0.15) is 24.5 Å². The van der Waals surface area contributed by atoms with Gasteiger partial charge in [-0.2, -0.15) is 0 Å². The lowest BCUT2D eigenvalue weighted by Crippen LogP contribution is -2.37. The summed E-state index contributed by atoms with van der Waals surface area (Å²) in [6.07, 6.45) is 0.946. The van der Waals surface area contributed by atoms with Crippen LogP contribution < -0.4 is 16.0 Å². The van der Waals surface area contributed by atoms with Crippen LogP contribution in [0.2, 0.25) is 0 Å². The van der Waals surface area contributed by atoms with Gasteiger partial charge in [-0.25, -0.2) is 0 Å². The SMILES string of the molecule is CCCN(CC(=O)NC)c1ccc(C)cc1C(N)=S. The molecule has 0 fully saturated rings. The molecule has 0 atom stereocenters. The number of hydrogen-bond acceptors (Lipinski definition) is 3. The van der Waals surface area contributed by atoms with Gasteiger partial charge in [-0.05, 0) is 25.5 Å². The van der Waals surface area contributed by atoms with E-state index in [0.717, 1.165) is 29.8 Å². The van der Waals surface area contributed by atoms with Crippen LogP contribution in [-0.4, -0.2) is 31.0 Å². The lowest BCUT2D eigenvalue weighted by atomic mass is 10.1. The van der Waals surface area contributed by atoms with Gasteiger partial charge in [-0.3, -0.25) is 4.79 Å². The van der Waals surface area contributed by atoms with Crippen molar-refractivity contribution >= 4 is 28.8 Å². The van der Waals surface area contributed by atoms with Crippen LogP contribution in [0.3, 0.4) is 0 Å². The third-order valence-electron chi connectivity index (χ3n) is 2.87. The topological polar surface area (TPSA) is 58.4 Å². The minimum absolute atomic E-state index is 0.0251. The fourth-order valence-electron chi connectivity index (χ4n) is 1.93. The van der Waals surface area contributed by atoms with E-state index in [0.29, 0.717) is 11.5 Å². The Bertz CT molecular complexity index is 474. The first-order valence-electron chi connectivity index (χ1n) is 6.35. The number of nitrogens with one attached hydrogen (secondary N) is 1. The fourth-order valence-corrected chi connectivity index (χ4v) is 2.09. The number of carbonyl (C=O) groups excluding carboxylic acids is 1. The Morgan fingerprint density at radius 2 is 2.16 bits per heavy atom. The molecule has 1 amide bonds. The summed E-state index contributed by atoms with van der Waals surface area (Å²) < 4.78 is 0. The van der Waals surface area contributed by atoms with Crippen molar-refractivity contribution in [1.82, 2.24) is 5.32 Å². The smallest absolute Gasteiger partial charge is 0.239 e. The average Bonchev–Trinajstić information content (AvgIpc) is 2.38. The van der Waals surface area contributed by atoms with Gasteiger partial charge in [0.1, 0.15) is 4.99 Å². The molecule has 0 unspecified atom stereocenters. The molecule has 1 rings (SSSR count). The van der Waals surface area contributed by atoms with Crippen LogP contribution in [0, 0.1) is 6.92 Å². The number of carbonyl (C=O) groups is 1. The molecule has 4 nitrogen and oxygen atoms in total. The maximum Gasteiger partial charge on any atom is 0.239 e. The molecule has 0 spiro atoms. The van der Waals surface area contributed by atoms with Crippen molar-refractivity contribution in [2.75, 3.05) is 25.0 Å². The Morgan fingerprint density at radius 1 is 1.47 bits per heavy atom. The van der Waals surface area contributed by atoms with Gasteiger partial charge in [0.2, 0.25) is 5.91 Å². The number of anilines is 1. The largest absolute Gasteiger partial charge is 0.389 e. The highest BCUT2D eigenvalue weighted by Gasteiger charge is 2.15. The summed E-state index contributed by atoms with van der Waals surface area (Å²) in [6.45, 7) is 5.16. The summed E-state index contributed by atoms with van der Waals surface area (Å²) in [5, 5.41) is 2.64. The van der Waals surface area contributed by atoms with Gasteiger partial charge in [0.25, 0.3) is 0 Å². The first-order chi connectivity index (χ1) is 8.99. The number of rotatable bonds is 6. The van der Waals surface area contributed by atoms with Gasteiger partial charge in [0.15, 0.2) is 0 Å². The van der Waals surface area contributed by atoms with Crippen molar-refractivity contribution in [3.05, 3.63) is 29.3 Å². The summed E-state index contributed by atoms with van der Waals surface area (Å²) in [5.41, 5.74) is 8.63. The molecule has 0 saturated carbocycles. The second kappa shape index (κ2) is 7.09. The summed E-state index contributed by atoms with van der Waals surface area (Å²) in [4.78, 5) is 14.0. The van der Waals surface area contributed by atoms with Crippen molar-refractivity contribution in [1.29, 1.82) is 0 Å². The Labute approximate surface area is 120 Å². The molecule has 0 aliphatic rings. The van der Waals surface area contributed by atoms with Gasteiger partial charge in [0, 0.05) is 24.8 Å². The number of nitrogens with zero attached hydrogens (tertiary/aromatic N) is 1. The standard InChI is InChI=1S/C14H21N3OS/c1-4-7-17(9-13(18)16-3)12-6-5-10(2)8-11(12)14(15)19/h5-6,8H,4,7,9H2,1-3H3,(H2,15,19)(H,16,18). The molecule has 104 valence electrons. The number of amides is 1. The molecule has 0 aliphatic heterocycles. The molecular formula is C14H21N3OS. The molecule has 5 heteroatoms. The summed E-state index contributed by atoms with van der Waals surface area (Å²) in [6, 6.07) is 5.94. The molecule has 19 heavy (non-hydrogen) atoms. The second-order valence-electron chi connectivity index (χ2n) is 4.48. The number of hydrogen-bond donors (Lipinski definition) is 2. The van der Waals surface area contributed by atoms with E-state index in [2.05, 4.69) is 12.2 Å². The lowest BCUT2D eigenvalue weighted by Gasteiger charge is -2.26. The quantitative estimate of drug-likeness (QED) is 0.777. The van der Waals surface area contributed by atoms with E-state index in [4.69, 9.17) is 18.0 Å². The molecular weight excluding hydrogens is 258 g/mol. The molecule has 3 N–H and O–H groups in total. The van der Waals surface area contributed by atoms with Crippen LogP contribution in [0.5, 0.6) is 0 Å². The average molecular weight is 279 g/mol. The molecule has 0 aromatic heterocycles. The monoisotopic (exact) mass is 279 g/mol. The van der Waals surface area contributed by atoms with Gasteiger partial charge in [0.05, 0.1) is 6.54 Å². The minimum Gasteiger partial charge on any atom is -0.389 e.